The number of phenols is 2. The minimum Gasteiger partial charge on any atom is -0.508 e. The highest BCUT2D eigenvalue weighted by Crippen LogP contribution is 2.24. The number of carbonyl (C=O) groups excluding carboxylic acids is 1. The summed E-state index contributed by atoms with van der Waals surface area (Å²) < 4.78 is 11.2. The van der Waals surface area contributed by atoms with Crippen LogP contribution >= 0.6 is 0 Å². The molecule has 2 N–H and O–H groups in total. The van der Waals surface area contributed by atoms with E-state index in [0.29, 0.717) is 24.6 Å². The highest BCUT2D eigenvalue weighted by atomic mass is 32.2. The molecule has 2 rings (SSSR count). The molecule has 0 aliphatic carbocycles. The standard InChI is InChI=1S/C11H13NO4S/c13-8-1-2-9(10(14)7-8)11(15)12-3-5-17(16)6-4-12/h1-2,7,13-14H,3-6H2. The van der Waals surface area contributed by atoms with E-state index in [1.807, 2.05) is 0 Å². The Bertz CT molecular complexity index is 465. The van der Waals surface area contributed by atoms with Crippen LogP contribution in [0.1, 0.15) is 10.4 Å². The molecule has 1 aliphatic rings. The van der Waals surface area contributed by atoms with Gasteiger partial charge in [0.1, 0.15) is 11.5 Å². The Morgan fingerprint density at radius 3 is 2.47 bits per heavy atom. The minimum absolute atomic E-state index is 0.0844. The largest absolute Gasteiger partial charge is 0.508 e. The van der Waals surface area contributed by atoms with E-state index in [1.54, 1.807) is 4.90 Å². The number of rotatable bonds is 1. The Labute approximate surface area is 101 Å². The molecule has 1 amide bonds. The molecular weight excluding hydrogens is 242 g/mol. The lowest BCUT2D eigenvalue weighted by atomic mass is 10.1. The maximum absolute atomic E-state index is 12.0. The molecule has 0 saturated carbocycles. The minimum atomic E-state index is -0.839. The van der Waals surface area contributed by atoms with Crippen molar-refractivity contribution in [3.63, 3.8) is 0 Å². The second kappa shape index (κ2) is 4.75. The normalized spacial score (nSPS) is 17.1. The summed E-state index contributed by atoms with van der Waals surface area (Å²) in [6, 6.07) is 3.88. The summed E-state index contributed by atoms with van der Waals surface area (Å²) >= 11 is 0. The topological polar surface area (TPSA) is 77.8 Å². The second-order valence-electron chi connectivity index (χ2n) is 3.84. The van der Waals surface area contributed by atoms with Crippen LogP contribution in [0, 0.1) is 0 Å². The van der Waals surface area contributed by atoms with E-state index in [1.165, 1.54) is 12.1 Å². The summed E-state index contributed by atoms with van der Waals surface area (Å²) in [7, 11) is -0.839. The summed E-state index contributed by atoms with van der Waals surface area (Å²) in [6.45, 7) is 0.873. The van der Waals surface area contributed by atoms with Crippen LogP contribution < -0.4 is 0 Å². The van der Waals surface area contributed by atoms with E-state index < -0.39 is 10.8 Å². The Balaban J connectivity index is 2.16. The van der Waals surface area contributed by atoms with Crippen LogP contribution in [0.15, 0.2) is 18.2 Å². The number of nitrogens with zero attached hydrogens (tertiary/aromatic N) is 1. The smallest absolute Gasteiger partial charge is 0.257 e. The zero-order valence-corrected chi connectivity index (χ0v) is 9.94. The van der Waals surface area contributed by atoms with Crippen LogP contribution in [0.4, 0.5) is 0 Å². The zero-order valence-electron chi connectivity index (χ0n) is 9.13. The first kappa shape index (κ1) is 11.9. The molecule has 0 atom stereocenters. The van der Waals surface area contributed by atoms with Gasteiger partial charge < -0.3 is 15.1 Å². The first-order valence-electron chi connectivity index (χ1n) is 5.24. The number of hydrogen-bond donors (Lipinski definition) is 2. The maximum atomic E-state index is 12.0. The van der Waals surface area contributed by atoms with Crippen molar-refractivity contribution in [2.45, 2.75) is 0 Å². The predicted octanol–water partition coefficient (Wildman–Crippen LogP) is 0.302. The van der Waals surface area contributed by atoms with Crippen LogP contribution in [0.3, 0.4) is 0 Å². The van der Waals surface area contributed by atoms with Gasteiger partial charge in [0.15, 0.2) is 0 Å². The van der Waals surface area contributed by atoms with E-state index in [0.717, 1.165) is 6.07 Å². The number of benzene rings is 1. The third-order valence-corrected chi connectivity index (χ3v) is 3.95. The fraction of sp³-hybridized carbons (Fsp3) is 0.364. The SMILES string of the molecule is O=C(c1ccc(O)cc1O)N1CCS(=O)CC1. The maximum Gasteiger partial charge on any atom is 0.257 e. The van der Waals surface area contributed by atoms with Crippen molar-refractivity contribution in [1.82, 2.24) is 4.90 Å². The van der Waals surface area contributed by atoms with Gasteiger partial charge in [0.05, 0.1) is 5.56 Å². The monoisotopic (exact) mass is 255 g/mol. The number of hydrogen-bond acceptors (Lipinski definition) is 4. The van der Waals surface area contributed by atoms with E-state index in [2.05, 4.69) is 0 Å². The molecule has 0 unspecified atom stereocenters. The molecule has 17 heavy (non-hydrogen) atoms. The molecule has 0 spiro atoms. The van der Waals surface area contributed by atoms with Crippen LogP contribution in [0.5, 0.6) is 11.5 Å². The van der Waals surface area contributed by atoms with Crippen LogP contribution in [0.2, 0.25) is 0 Å². The van der Waals surface area contributed by atoms with Crippen LogP contribution in [0.25, 0.3) is 0 Å². The molecule has 6 heteroatoms. The van der Waals surface area contributed by atoms with Crippen LogP contribution in [-0.2, 0) is 10.8 Å². The summed E-state index contributed by atoms with van der Waals surface area (Å²) in [5, 5.41) is 18.7. The van der Waals surface area contributed by atoms with E-state index >= 15 is 0 Å². The molecule has 1 fully saturated rings. The molecule has 1 aliphatic heterocycles. The number of carbonyl (C=O) groups is 1. The van der Waals surface area contributed by atoms with Gasteiger partial charge in [0.25, 0.3) is 5.91 Å². The molecule has 1 aromatic carbocycles. The van der Waals surface area contributed by atoms with Crippen LogP contribution in [-0.4, -0.2) is 49.8 Å². The van der Waals surface area contributed by atoms with Crippen molar-refractivity contribution in [1.29, 1.82) is 0 Å². The Kier molecular flexibility index (Phi) is 3.33. The molecule has 1 aromatic rings. The molecule has 1 heterocycles. The van der Waals surface area contributed by atoms with Gasteiger partial charge in [-0.1, -0.05) is 0 Å². The van der Waals surface area contributed by atoms with Gasteiger partial charge in [-0.3, -0.25) is 9.00 Å². The second-order valence-corrected chi connectivity index (χ2v) is 5.54. The molecular formula is C11H13NO4S. The third-order valence-electron chi connectivity index (χ3n) is 2.68. The number of amides is 1. The van der Waals surface area contributed by atoms with E-state index in [4.69, 9.17) is 5.11 Å². The highest BCUT2D eigenvalue weighted by Gasteiger charge is 2.23. The average molecular weight is 255 g/mol. The summed E-state index contributed by atoms with van der Waals surface area (Å²) in [4.78, 5) is 13.6. The quantitative estimate of drug-likeness (QED) is 0.756. The first-order chi connectivity index (χ1) is 8.08. The average Bonchev–Trinajstić information content (AvgIpc) is 2.29. The molecule has 92 valence electrons. The molecule has 0 radical (unpaired) electrons. The van der Waals surface area contributed by atoms with Crippen molar-refractivity contribution in [3.05, 3.63) is 23.8 Å². The molecule has 1 saturated heterocycles. The Morgan fingerprint density at radius 1 is 1.24 bits per heavy atom. The lowest BCUT2D eigenvalue weighted by molar-refractivity contribution is 0.0768. The lowest BCUT2D eigenvalue weighted by Gasteiger charge is -2.26. The van der Waals surface area contributed by atoms with E-state index in [9.17, 15) is 14.1 Å². The number of aromatic hydroxyl groups is 2. The fourth-order valence-electron chi connectivity index (χ4n) is 1.71. The summed E-state index contributed by atoms with van der Waals surface area (Å²) in [5.74, 6) is 0.342. The highest BCUT2D eigenvalue weighted by molar-refractivity contribution is 7.85. The summed E-state index contributed by atoms with van der Waals surface area (Å²) in [5.41, 5.74) is 0.162. The van der Waals surface area contributed by atoms with E-state index in [-0.39, 0.29) is 23.0 Å². The zero-order chi connectivity index (χ0) is 12.4. The molecule has 0 bridgehead atoms. The lowest BCUT2D eigenvalue weighted by Crippen LogP contribution is -2.41. The van der Waals surface area contributed by atoms with Crippen molar-refractivity contribution in [2.75, 3.05) is 24.6 Å². The molecule has 5 nitrogen and oxygen atoms in total. The predicted molar refractivity (Wildman–Crippen MR) is 63.6 cm³/mol. The van der Waals surface area contributed by atoms with Gasteiger partial charge in [-0.25, -0.2) is 0 Å². The fourth-order valence-corrected chi connectivity index (χ4v) is 2.76. The van der Waals surface area contributed by atoms with Gasteiger partial charge in [-0.2, -0.15) is 0 Å². The van der Waals surface area contributed by atoms with Gasteiger partial charge in [-0.05, 0) is 12.1 Å². The molecule has 0 aromatic heterocycles. The van der Waals surface area contributed by atoms with Crippen molar-refractivity contribution in [3.8, 4) is 11.5 Å². The third kappa shape index (κ3) is 2.58. The Hall–Kier alpha value is -1.56. The number of phenolic OH excluding ortho intramolecular Hbond substituents is 2. The van der Waals surface area contributed by atoms with Crippen molar-refractivity contribution < 1.29 is 19.2 Å². The van der Waals surface area contributed by atoms with Gasteiger partial charge >= 0.3 is 0 Å². The van der Waals surface area contributed by atoms with Gasteiger partial charge in [0, 0.05) is 41.5 Å². The van der Waals surface area contributed by atoms with Crippen molar-refractivity contribution >= 4 is 16.7 Å². The Morgan fingerprint density at radius 2 is 1.88 bits per heavy atom. The van der Waals surface area contributed by atoms with Crippen molar-refractivity contribution in [2.24, 2.45) is 0 Å². The van der Waals surface area contributed by atoms with Gasteiger partial charge in [0.2, 0.25) is 0 Å². The first-order valence-corrected chi connectivity index (χ1v) is 6.73. The summed E-state index contributed by atoms with van der Waals surface area (Å²) in [6.07, 6.45) is 0. The van der Waals surface area contributed by atoms with Gasteiger partial charge in [-0.15, -0.1) is 0 Å².